The molecular weight excluding hydrogens is 913 g/mol. The first kappa shape index (κ1) is 69.5. The normalized spacial score (nSPS) is 13.1. The number of allylic oxidation sites excluding steroid dienone is 22. The molecule has 418 valence electrons. The standard InChI is InChI=1S/C68H110O6/c1-4-7-10-13-16-19-22-24-25-26-27-28-29-30-31-32-33-34-35-36-37-38-39-40-41-42-43-45-46-49-52-55-58-61-67(70)73-64-65(63-72-66(69)60-57-54-51-48-21-18-15-12-9-6-3)74-68(71)62-59-56-53-50-47-44-23-20-17-14-11-8-5-2/h7-8,10-11,16-17,19-20,24-25,27-28,30-31,33-34,36-37,44,47,53,56,65H,4-6,9,12-15,18,21-23,26,29,32,35,38-43,45-46,48-52,54-55,57-64H2,1-3H3/b10-7-,11-8-,19-16-,20-17-,25-24-,28-27-,31-30-,34-33-,37-36-,47-44-,56-53-. The fourth-order valence-corrected chi connectivity index (χ4v) is 7.97. The van der Waals surface area contributed by atoms with Gasteiger partial charge >= 0.3 is 17.9 Å². The van der Waals surface area contributed by atoms with Crippen LogP contribution in [0.5, 0.6) is 0 Å². The van der Waals surface area contributed by atoms with Gasteiger partial charge < -0.3 is 14.2 Å². The molecule has 0 aromatic carbocycles. The monoisotopic (exact) mass is 1020 g/mol. The average Bonchev–Trinajstić information content (AvgIpc) is 3.40. The van der Waals surface area contributed by atoms with Gasteiger partial charge in [-0.2, -0.15) is 0 Å². The molecule has 0 aliphatic rings. The molecule has 6 nitrogen and oxygen atoms in total. The fraction of sp³-hybridized carbons (Fsp3) is 0.632. The second-order valence-corrected chi connectivity index (χ2v) is 19.5. The molecule has 0 bridgehead atoms. The molecule has 1 unspecified atom stereocenters. The van der Waals surface area contributed by atoms with Gasteiger partial charge in [0.25, 0.3) is 0 Å². The highest BCUT2D eigenvalue weighted by Crippen LogP contribution is 2.15. The summed E-state index contributed by atoms with van der Waals surface area (Å²) in [7, 11) is 0. The molecule has 0 aromatic heterocycles. The highest BCUT2D eigenvalue weighted by Gasteiger charge is 2.19. The molecule has 6 heteroatoms. The Morgan fingerprint density at radius 3 is 0.878 bits per heavy atom. The number of hydrogen-bond donors (Lipinski definition) is 0. The van der Waals surface area contributed by atoms with Crippen LogP contribution in [0.15, 0.2) is 134 Å². The molecule has 0 spiro atoms. The Bertz CT molecular complexity index is 1600. The van der Waals surface area contributed by atoms with Crippen molar-refractivity contribution in [1.29, 1.82) is 0 Å². The maximum Gasteiger partial charge on any atom is 0.306 e. The second-order valence-electron chi connectivity index (χ2n) is 19.5. The van der Waals surface area contributed by atoms with E-state index >= 15 is 0 Å². The van der Waals surface area contributed by atoms with E-state index in [0.29, 0.717) is 19.3 Å². The molecule has 0 rings (SSSR count). The summed E-state index contributed by atoms with van der Waals surface area (Å²) in [4.78, 5) is 38.0. The van der Waals surface area contributed by atoms with Crippen molar-refractivity contribution in [2.24, 2.45) is 0 Å². The quantitative estimate of drug-likeness (QED) is 0.0261. The number of ether oxygens (including phenoxy) is 3. The van der Waals surface area contributed by atoms with Gasteiger partial charge in [0.05, 0.1) is 0 Å². The third kappa shape index (κ3) is 58.4. The van der Waals surface area contributed by atoms with Gasteiger partial charge in [0.1, 0.15) is 13.2 Å². The molecule has 0 heterocycles. The van der Waals surface area contributed by atoms with Crippen molar-refractivity contribution in [1.82, 2.24) is 0 Å². The van der Waals surface area contributed by atoms with Gasteiger partial charge in [-0.3, -0.25) is 14.4 Å². The number of rotatable bonds is 53. The Hall–Kier alpha value is -4.45. The van der Waals surface area contributed by atoms with Crippen LogP contribution in [0, 0.1) is 0 Å². The molecule has 0 N–H and O–H groups in total. The summed E-state index contributed by atoms with van der Waals surface area (Å²) in [5, 5.41) is 0. The topological polar surface area (TPSA) is 78.9 Å². The van der Waals surface area contributed by atoms with Crippen LogP contribution in [0.25, 0.3) is 0 Å². The largest absolute Gasteiger partial charge is 0.462 e. The maximum atomic E-state index is 12.8. The average molecular weight is 1020 g/mol. The first-order chi connectivity index (χ1) is 36.5. The summed E-state index contributed by atoms with van der Waals surface area (Å²) in [6.45, 7) is 6.33. The predicted octanol–water partition coefficient (Wildman–Crippen LogP) is 20.6. The summed E-state index contributed by atoms with van der Waals surface area (Å²) in [6, 6.07) is 0. The van der Waals surface area contributed by atoms with Gasteiger partial charge in [-0.25, -0.2) is 0 Å². The van der Waals surface area contributed by atoms with E-state index in [0.717, 1.165) is 109 Å². The van der Waals surface area contributed by atoms with E-state index in [-0.39, 0.29) is 31.6 Å². The van der Waals surface area contributed by atoms with E-state index in [1.54, 1.807) is 0 Å². The van der Waals surface area contributed by atoms with Crippen molar-refractivity contribution >= 4 is 17.9 Å². The highest BCUT2D eigenvalue weighted by molar-refractivity contribution is 5.71. The number of unbranched alkanes of at least 4 members (excludes halogenated alkanes) is 20. The Kier molecular flexibility index (Phi) is 57.4. The van der Waals surface area contributed by atoms with Crippen molar-refractivity contribution in [3.05, 3.63) is 134 Å². The molecule has 0 aromatic rings. The molecule has 0 aliphatic carbocycles. The molecular formula is C68H110O6. The molecule has 0 amide bonds. The van der Waals surface area contributed by atoms with E-state index in [1.165, 1.54) is 103 Å². The third-order valence-electron chi connectivity index (χ3n) is 12.4. The zero-order chi connectivity index (χ0) is 53.6. The summed E-state index contributed by atoms with van der Waals surface area (Å²) in [5.41, 5.74) is 0. The number of esters is 3. The minimum Gasteiger partial charge on any atom is -0.462 e. The van der Waals surface area contributed by atoms with E-state index in [2.05, 4.69) is 142 Å². The van der Waals surface area contributed by atoms with Gasteiger partial charge in [0, 0.05) is 19.3 Å². The van der Waals surface area contributed by atoms with E-state index < -0.39 is 12.1 Å². The molecule has 1 atom stereocenters. The van der Waals surface area contributed by atoms with Crippen molar-refractivity contribution in [2.75, 3.05) is 13.2 Å². The lowest BCUT2D eigenvalue weighted by atomic mass is 10.0. The van der Waals surface area contributed by atoms with Crippen LogP contribution in [-0.4, -0.2) is 37.2 Å². The molecule has 0 saturated carbocycles. The van der Waals surface area contributed by atoms with Crippen LogP contribution in [0.2, 0.25) is 0 Å². The third-order valence-corrected chi connectivity index (χ3v) is 12.4. The van der Waals surface area contributed by atoms with Gasteiger partial charge in [0.15, 0.2) is 6.10 Å². The molecule has 74 heavy (non-hydrogen) atoms. The Morgan fingerprint density at radius 2 is 0.554 bits per heavy atom. The van der Waals surface area contributed by atoms with E-state index in [4.69, 9.17) is 14.2 Å². The lowest BCUT2D eigenvalue weighted by molar-refractivity contribution is -0.166. The van der Waals surface area contributed by atoms with E-state index in [9.17, 15) is 14.4 Å². The van der Waals surface area contributed by atoms with Crippen molar-refractivity contribution < 1.29 is 28.6 Å². The van der Waals surface area contributed by atoms with Crippen molar-refractivity contribution in [3.63, 3.8) is 0 Å². The number of carbonyl (C=O) groups is 3. The van der Waals surface area contributed by atoms with Gasteiger partial charge in [-0.15, -0.1) is 0 Å². The minimum atomic E-state index is -0.818. The van der Waals surface area contributed by atoms with Crippen LogP contribution >= 0.6 is 0 Å². The predicted molar refractivity (Wildman–Crippen MR) is 320 cm³/mol. The van der Waals surface area contributed by atoms with Gasteiger partial charge in [0.2, 0.25) is 0 Å². The molecule has 0 aliphatic heterocycles. The summed E-state index contributed by atoms with van der Waals surface area (Å²) >= 11 is 0. The first-order valence-corrected chi connectivity index (χ1v) is 30.2. The molecule has 0 fully saturated rings. The minimum absolute atomic E-state index is 0.108. The van der Waals surface area contributed by atoms with Gasteiger partial charge in [-0.05, 0) is 103 Å². The SMILES string of the molecule is CC/C=C\C/C=C\C/C=C\C/C=C\C/C=C\C/C=C\C/C=C\CCCCCCCCCCCCCC(=O)OCC(COC(=O)CCCCCCCCCCCC)OC(=O)CC/C=C\C/C=C\C/C=C\C/C=C\CC. The zero-order valence-electron chi connectivity index (χ0n) is 47.8. The number of carbonyl (C=O) groups excluding carboxylic acids is 3. The summed E-state index contributed by atoms with van der Waals surface area (Å²) < 4.78 is 16.7. The Balaban J connectivity index is 4.20. The smallest absolute Gasteiger partial charge is 0.306 e. The lowest BCUT2D eigenvalue weighted by Crippen LogP contribution is -2.30. The van der Waals surface area contributed by atoms with Crippen LogP contribution in [0.1, 0.15) is 258 Å². The van der Waals surface area contributed by atoms with Crippen LogP contribution in [0.3, 0.4) is 0 Å². The Labute approximate surface area is 455 Å². The second kappa shape index (κ2) is 61.1. The molecule has 0 saturated heterocycles. The molecule has 0 radical (unpaired) electrons. The van der Waals surface area contributed by atoms with Crippen LogP contribution < -0.4 is 0 Å². The summed E-state index contributed by atoms with van der Waals surface area (Å²) in [6.07, 6.45) is 86.3. The van der Waals surface area contributed by atoms with Crippen LogP contribution in [-0.2, 0) is 28.6 Å². The van der Waals surface area contributed by atoms with E-state index in [1.807, 2.05) is 12.2 Å². The fourth-order valence-electron chi connectivity index (χ4n) is 7.97. The maximum absolute atomic E-state index is 12.8. The Morgan fingerprint density at radius 1 is 0.284 bits per heavy atom. The van der Waals surface area contributed by atoms with Gasteiger partial charge in [-0.1, -0.05) is 270 Å². The van der Waals surface area contributed by atoms with Crippen molar-refractivity contribution in [2.45, 2.75) is 264 Å². The van der Waals surface area contributed by atoms with Crippen LogP contribution in [0.4, 0.5) is 0 Å². The number of hydrogen-bond acceptors (Lipinski definition) is 6. The van der Waals surface area contributed by atoms with Crippen molar-refractivity contribution in [3.8, 4) is 0 Å². The zero-order valence-corrected chi connectivity index (χ0v) is 47.8. The summed E-state index contributed by atoms with van der Waals surface area (Å²) in [5.74, 6) is -0.997. The lowest BCUT2D eigenvalue weighted by Gasteiger charge is -2.18. The highest BCUT2D eigenvalue weighted by atomic mass is 16.6. The first-order valence-electron chi connectivity index (χ1n) is 30.2.